The van der Waals surface area contributed by atoms with E-state index < -0.39 is 17.8 Å². The Morgan fingerprint density at radius 3 is 2.47 bits per heavy atom. The Morgan fingerprint density at radius 2 is 1.95 bits per heavy atom. The third-order valence-corrected chi connectivity index (χ3v) is 3.56. The Bertz CT molecular complexity index is 455. The van der Waals surface area contributed by atoms with Crippen LogP contribution in [0.2, 0.25) is 5.02 Å². The third kappa shape index (κ3) is 3.43. The van der Waals surface area contributed by atoms with Crippen molar-refractivity contribution < 1.29 is 14.3 Å². The van der Waals surface area contributed by atoms with Gasteiger partial charge >= 0.3 is 5.97 Å². The van der Waals surface area contributed by atoms with E-state index in [1.807, 2.05) is 11.9 Å². The second kappa shape index (κ2) is 5.86. The van der Waals surface area contributed by atoms with Gasteiger partial charge < -0.3 is 10.0 Å². The number of likely N-dealkylation sites (N-methyl/N-ethyl adjacent to an activating group) is 1. The quantitative estimate of drug-likeness (QED) is 0.921. The van der Waals surface area contributed by atoms with Gasteiger partial charge in [0.15, 0.2) is 0 Å². The summed E-state index contributed by atoms with van der Waals surface area (Å²) in [6.07, 6.45) is 0. The van der Waals surface area contributed by atoms with Gasteiger partial charge in [0.1, 0.15) is 11.9 Å². The highest BCUT2D eigenvalue weighted by molar-refractivity contribution is 6.30. The maximum absolute atomic E-state index is 13.4. The monoisotopic (exact) mass is 286 g/mol. The van der Waals surface area contributed by atoms with E-state index in [1.54, 1.807) is 0 Å². The first-order valence-corrected chi connectivity index (χ1v) is 6.46. The molecule has 0 radical (unpaired) electrons. The van der Waals surface area contributed by atoms with E-state index in [9.17, 15) is 14.3 Å². The van der Waals surface area contributed by atoms with Crippen molar-refractivity contribution in [2.75, 3.05) is 33.2 Å². The van der Waals surface area contributed by atoms with Crippen LogP contribution in [0.15, 0.2) is 18.2 Å². The number of carboxylic acid groups (broad SMARTS) is 1. The van der Waals surface area contributed by atoms with Crippen LogP contribution in [0.5, 0.6) is 0 Å². The largest absolute Gasteiger partial charge is 0.480 e. The molecule has 4 nitrogen and oxygen atoms in total. The minimum Gasteiger partial charge on any atom is -0.480 e. The molecular weight excluding hydrogens is 271 g/mol. The summed E-state index contributed by atoms with van der Waals surface area (Å²) in [6.45, 7) is 2.88. The van der Waals surface area contributed by atoms with Gasteiger partial charge in [-0.05, 0) is 30.8 Å². The van der Waals surface area contributed by atoms with E-state index in [-0.39, 0.29) is 5.02 Å². The summed E-state index contributed by atoms with van der Waals surface area (Å²) in [6, 6.07) is 3.08. The van der Waals surface area contributed by atoms with Gasteiger partial charge in [0.2, 0.25) is 0 Å². The Labute approximate surface area is 116 Å². The predicted octanol–water partition coefficient (Wildman–Crippen LogP) is 1.85. The zero-order chi connectivity index (χ0) is 14.0. The van der Waals surface area contributed by atoms with Crippen molar-refractivity contribution in [2.45, 2.75) is 6.04 Å². The molecule has 0 saturated carbocycles. The summed E-state index contributed by atoms with van der Waals surface area (Å²) in [4.78, 5) is 15.5. The molecule has 0 bridgehead atoms. The van der Waals surface area contributed by atoms with Crippen molar-refractivity contribution in [1.82, 2.24) is 9.80 Å². The van der Waals surface area contributed by atoms with Gasteiger partial charge in [-0.25, -0.2) is 4.39 Å². The minimum atomic E-state index is -0.980. The molecule has 1 N–H and O–H groups in total. The van der Waals surface area contributed by atoms with Gasteiger partial charge in [0, 0.05) is 31.2 Å². The summed E-state index contributed by atoms with van der Waals surface area (Å²) < 4.78 is 13.4. The van der Waals surface area contributed by atoms with Crippen molar-refractivity contribution in [3.63, 3.8) is 0 Å². The van der Waals surface area contributed by atoms with Gasteiger partial charge in [-0.1, -0.05) is 11.6 Å². The molecule has 0 aliphatic carbocycles. The maximum atomic E-state index is 13.4. The summed E-state index contributed by atoms with van der Waals surface area (Å²) in [7, 11) is 1.99. The van der Waals surface area contributed by atoms with Gasteiger partial charge in [0.05, 0.1) is 0 Å². The molecule has 1 fully saturated rings. The smallest absolute Gasteiger partial charge is 0.325 e. The average Bonchev–Trinajstić information content (AvgIpc) is 2.30. The fourth-order valence-electron chi connectivity index (χ4n) is 2.32. The number of halogens is 2. The molecule has 0 spiro atoms. The lowest BCUT2D eigenvalue weighted by Crippen LogP contribution is -2.47. The Balaban J connectivity index is 2.27. The fourth-order valence-corrected chi connectivity index (χ4v) is 2.55. The molecule has 6 heteroatoms. The first-order valence-electron chi connectivity index (χ1n) is 6.09. The van der Waals surface area contributed by atoms with E-state index in [0.29, 0.717) is 18.7 Å². The first-order chi connectivity index (χ1) is 8.97. The molecule has 2 rings (SSSR count). The van der Waals surface area contributed by atoms with Crippen LogP contribution >= 0.6 is 11.6 Å². The lowest BCUT2D eigenvalue weighted by molar-refractivity contribution is -0.144. The molecule has 1 unspecified atom stereocenters. The van der Waals surface area contributed by atoms with Crippen LogP contribution in [-0.2, 0) is 4.79 Å². The van der Waals surface area contributed by atoms with Crippen LogP contribution in [0.25, 0.3) is 0 Å². The summed E-state index contributed by atoms with van der Waals surface area (Å²) in [5.74, 6) is -1.49. The second-order valence-corrected chi connectivity index (χ2v) is 5.22. The number of aliphatic carboxylic acids is 1. The maximum Gasteiger partial charge on any atom is 0.325 e. The van der Waals surface area contributed by atoms with Crippen molar-refractivity contribution in [2.24, 2.45) is 0 Å². The highest BCUT2D eigenvalue weighted by Gasteiger charge is 2.30. The van der Waals surface area contributed by atoms with Crippen LogP contribution in [0, 0.1) is 5.82 Å². The minimum absolute atomic E-state index is 0.218. The molecule has 1 aromatic carbocycles. The summed E-state index contributed by atoms with van der Waals surface area (Å²) in [5.41, 5.74) is 0.391. The van der Waals surface area contributed by atoms with E-state index >= 15 is 0 Å². The SMILES string of the molecule is CN1CCN(C(C(=O)O)c2cc(F)cc(Cl)c2)CC1. The van der Waals surface area contributed by atoms with Crippen LogP contribution in [-0.4, -0.2) is 54.1 Å². The number of rotatable bonds is 3. The number of piperazine rings is 1. The molecular formula is C13H16ClFN2O2. The highest BCUT2D eigenvalue weighted by atomic mass is 35.5. The highest BCUT2D eigenvalue weighted by Crippen LogP contribution is 2.26. The Morgan fingerprint density at radius 1 is 1.32 bits per heavy atom. The Kier molecular flexibility index (Phi) is 4.39. The number of carboxylic acids is 1. The molecule has 1 aliphatic rings. The number of carbonyl (C=O) groups is 1. The molecule has 0 aromatic heterocycles. The molecule has 1 atom stereocenters. The van der Waals surface area contributed by atoms with Gasteiger partial charge in [-0.3, -0.25) is 9.69 Å². The van der Waals surface area contributed by atoms with Crippen molar-refractivity contribution in [3.8, 4) is 0 Å². The average molecular weight is 287 g/mol. The Hall–Kier alpha value is -1.17. The van der Waals surface area contributed by atoms with Crippen molar-refractivity contribution in [1.29, 1.82) is 0 Å². The molecule has 0 amide bonds. The van der Waals surface area contributed by atoms with Crippen LogP contribution in [0.4, 0.5) is 4.39 Å². The van der Waals surface area contributed by atoms with Crippen LogP contribution in [0.1, 0.15) is 11.6 Å². The van der Waals surface area contributed by atoms with E-state index in [2.05, 4.69) is 4.90 Å². The number of benzene rings is 1. The summed E-state index contributed by atoms with van der Waals surface area (Å²) in [5, 5.41) is 9.62. The molecule has 1 heterocycles. The first kappa shape index (κ1) is 14.2. The predicted molar refractivity (Wildman–Crippen MR) is 70.9 cm³/mol. The molecule has 19 heavy (non-hydrogen) atoms. The van der Waals surface area contributed by atoms with Crippen LogP contribution < -0.4 is 0 Å². The van der Waals surface area contributed by atoms with Crippen LogP contribution in [0.3, 0.4) is 0 Å². The van der Waals surface area contributed by atoms with Gasteiger partial charge in [0.25, 0.3) is 0 Å². The fraction of sp³-hybridized carbons (Fsp3) is 0.462. The topological polar surface area (TPSA) is 43.8 Å². The van der Waals surface area contributed by atoms with E-state index in [0.717, 1.165) is 13.1 Å². The van der Waals surface area contributed by atoms with Crippen molar-refractivity contribution in [3.05, 3.63) is 34.6 Å². The zero-order valence-electron chi connectivity index (χ0n) is 10.6. The second-order valence-electron chi connectivity index (χ2n) is 4.78. The molecule has 1 aliphatic heterocycles. The molecule has 1 saturated heterocycles. The van der Waals surface area contributed by atoms with E-state index in [1.165, 1.54) is 18.2 Å². The lowest BCUT2D eigenvalue weighted by Gasteiger charge is -2.36. The standard InChI is InChI=1S/C13H16ClFN2O2/c1-16-2-4-17(5-3-16)12(13(18)19)9-6-10(14)8-11(15)7-9/h6-8,12H,2-5H2,1H3,(H,18,19). The number of hydrogen-bond donors (Lipinski definition) is 1. The molecule has 104 valence electrons. The number of hydrogen-bond acceptors (Lipinski definition) is 3. The summed E-state index contributed by atoms with van der Waals surface area (Å²) >= 11 is 5.80. The number of nitrogens with zero attached hydrogens (tertiary/aromatic N) is 2. The molecule has 1 aromatic rings. The normalized spacial score (nSPS) is 19.3. The third-order valence-electron chi connectivity index (χ3n) is 3.34. The van der Waals surface area contributed by atoms with E-state index in [4.69, 9.17) is 11.6 Å². The zero-order valence-corrected chi connectivity index (χ0v) is 11.4. The van der Waals surface area contributed by atoms with Crippen molar-refractivity contribution >= 4 is 17.6 Å². The van der Waals surface area contributed by atoms with Gasteiger partial charge in [-0.15, -0.1) is 0 Å². The van der Waals surface area contributed by atoms with Gasteiger partial charge in [-0.2, -0.15) is 0 Å². The lowest BCUT2D eigenvalue weighted by atomic mass is 10.0.